The fourth-order valence-electron chi connectivity index (χ4n) is 2.08. The largest absolute Gasteiger partial charge is 0.296 e. The minimum Gasteiger partial charge on any atom is -0.296 e. The van der Waals surface area contributed by atoms with E-state index in [1.54, 1.807) is 23.9 Å². The van der Waals surface area contributed by atoms with E-state index in [4.69, 9.17) is 11.6 Å². The molecule has 122 valence electrons. The number of nitrogens with zero attached hydrogens (tertiary/aromatic N) is 2. The predicted molar refractivity (Wildman–Crippen MR) is 101 cm³/mol. The van der Waals surface area contributed by atoms with Gasteiger partial charge in [-0.05, 0) is 30.0 Å². The molecule has 0 atom stereocenters. The van der Waals surface area contributed by atoms with Gasteiger partial charge in [0.05, 0.1) is 5.56 Å². The van der Waals surface area contributed by atoms with Crippen molar-refractivity contribution >= 4 is 45.7 Å². The summed E-state index contributed by atoms with van der Waals surface area (Å²) in [7, 11) is 0. The van der Waals surface area contributed by atoms with Crippen LogP contribution in [0.1, 0.15) is 17.3 Å². The summed E-state index contributed by atoms with van der Waals surface area (Å²) in [5.74, 6) is 0.731. The highest BCUT2D eigenvalue weighted by atomic mass is 35.5. The van der Waals surface area contributed by atoms with E-state index in [0.717, 1.165) is 21.2 Å². The van der Waals surface area contributed by atoms with E-state index >= 15 is 0 Å². The molecular formula is C17H14ClN3OS2. The Bertz CT molecular complexity index is 849. The molecule has 0 aliphatic rings. The highest BCUT2D eigenvalue weighted by Gasteiger charge is 2.14. The Labute approximate surface area is 153 Å². The lowest BCUT2D eigenvalue weighted by molar-refractivity contribution is 0.102. The second-order valence-corrected chi connectivity index (χ2v) is 7.52. The van der Waals surface area contributed by atoms with E-state index in [0.29, 0.717) is 15.7 Å². The maximum atomic E-state index is 12.5. The Hall–Kier alpha value is -1.89. The fraction of sp³-hybridized carbons (Fsp3) is 0.118. The first-order valence-corrected chi connectivity index (χ1v) is 9.48. The topological polar surface area (TPSA) is 54.9 Å². The zero-order valence-electron chi connectivity index (χ0n) is 12.8. The van der Waals surface area contributed by atoms with Crippen LogP contribution in [-0.2, 0) is 0 Å². The van der Waals surface area contributed by atoms with Crippen molar-refractivity contribution in [2.45, 2.75) is 11.8 Å². The minimum atomic E-state index is -0.176. The number of nitrogens with one attached hydrogen (secondary N) is 1. The van der Waals surface area contributed by atoms with Crippen molar-refractivity contribution in [3.05, 3.63) is 59.1 Å². The molecule has 1 aromatic heterocycles. The van der Waals surface area contributed by atoms with Crippen molar-refractivity contribution in [2.24, 2.45) is 0 Å². The van der Waals surface area contributed by atoms with E-state index < -0.39 is 0 Å². The average Bonchev–Trinajstić information content (AvgIpc) is 3.05. The first-order valence-electron chi connectivity index (χ1n) is 7.30. The Kier molecular flexibility index (Phi) is 5.50. The molecule has 4 nitrogen and oxygen atoms in total. The molecule has 2 aromatic carbocycles. The van der Waals surface area contributed by atoms with Gasteiger partial charge in [-0.25, -0.2) is 0 Å². The van der Waals surface area contributed by atoms with Crippen LogP contribution in [0.2, 0.25) is 5.02 Å². The number of benzene rings is 2. The molecule has 3 rings (SSSR count). The van der Waals surface area contributed by atoms with Gasteiger partial charge in [-0.3, -0.25) is 10.1 Å². The summed E-state index contributed by atoms with van der Waals surface area (Å²) < 4.78 is 0. The van der Waals surface area contributed by atoms with E-state index in [2.05, 4.69) is 22.4 Å². The predicted octanol–water partition coefficient (Wildman–Crippen LogP) is 5.22. The summed E-state index contributed by atoms with van der Waals surface area (Å²) in [4.78, 5) is 13.5. The molecular weight excluding hydrogens is 362 g/mol. The summed E-state index contributed by atoms with van der Waals surface area (Å²) >= 11 is 8.86. The number of carbonyl (C=O) groups excluding carboxylic acids is 1. The lowest BCUT2D eigenvalue weighted by Crippen LogP contribution is -2.12. The number of halogens is 1. The van der Waals surface area contributed by atoms with Crippen molar-refractivity contribution in [1.29, 1.82) is 0 Å². The van der Waals surface area contributed by atoms with Gasteiger partial charge < -0.3 is 0 Å². The minimum absolute atomic E-state index is 0.176. The van der Waals surface area contributed by atoms with E-state index in [-0.39, 0.29) is 5.91 Å². The lowest BCUT2D eigenvalue weighted by atomic mass is 10.2. The highest BCUT2D eigenvalue weighted by Crippen LogP contribution is 2.28. The van der Waals surface area contributed by atoms with Crippen LogP contribution in [0.15, 0.2) is 53.4 Å². The third-order valence-electron chi connectivity index (χ3n) is 3.17. The molecule has 0 aliphatic heterocycles. The van der Waals surface area contributed by atoms with Crippen molar-refractivity contribution in [3.63, 3.8) is 0 Å². The Morgan fingerprint density at radius 3 is 2.67 bits per heavy atom. The summed E-state index contributed by atoms with van der Waals surface area (Å²) in [6.07, 6.45) is 0. The third kappa shape index (κ3) is 3.95. The summed E-state index contributed by atoms with van der Waals surface area (Å²) in [6.45, 7) is 2.06. The maximum absolute atomic E-state index is 12.5. The molecule has 0 bridgehead atoms. The number of hydrogen-bond acceptors (Lipinski definition) is 5. The van der Waals surface area contributed by atoms with Crippen LogP contribution in [0.5, 0.6) is 0 Å². The first-order chi connectivity index (χ1) is 11.7. The SMILES string of the molecule is CCSc1ccccc1C(=O)Nc1nnc(-c2ccc(Cl)cc2)s1. The molecule has 0 aliphatic carbocycles. The Morgan fingerprint density at radius 2 is 1.92 bits per heavy atom. The maximum Gasteiger partial charge on any atom is 0.258 e. The fourth-order valence-corrected chi connectivity index (χ4v) is 3.76. The third-order valence-corrected chi connectivity index (χ3v) is 5.26. The second-order valence-electron chi connectivity index (χ2n) is 4.80. The van der Waals surface area contributed by atoms with Gasteiger partial charge in [0.15, 0.2) is 0 Å². The molecule has 0 fully saturated rings. The molecule has 0 spiro atoms. The molecule has 1 N–H and O–H groups in total. The van der Waals surface area contributed by atoms with Crippen LogP contribution in [0, 0.1) is 0 Å². The molecule has 0 radical (unpaired) electrons. The van der Waals surface area contributed by atoms with Gasteiger partial charge in [-0.2, -0.15) is 0 Å². The first kappa shape index (κ1) is 17.0. The van der Waals surface area contributed by atoms with E-state index in [9.17, 15) is 4.79 Å². The van der Waals surface area contributed by atoms with Crippen molar-refractivity contribution in [1.82, 2.24) is 10.2 Å². The van der Waals surface area contributed by atoms with Gasteiger partial charge in [-0.1, -0.05) is 54.1 Å². The van der Waals surface area contributed by atoms with Gasteiger partial charge >= 0.3 is 0 Å². The van der Waals surface area contributed by atoms with Crippen LogP contribution in [-0.4, -0.2) is 21.9 Å². The van der Waals surface area contributed by atoms with Crippen LogP contribution < -0.4 is 5.32 Å². The second kappa shape index (κ2) is 7.79. The van der Waals surface area contributed by atoms with Gasteiger partial charge in [-0.15, -0.1) is 22.0 Å². The summed E-state index contributed by atoms with van der Waals surface area (Å²) in [5, 5.41) is 12.9. The summed E-state index contributed by atoms with van der Waals surface area (Å²) in [6, 6.07) is 14.9. The molecule has 0 saturated carbocycles. The number of carbonyl (C=O) groups is 1. The number of rotatable bonds is 5. The van der Waals surface area contributed by atoms with Crippen molar-refractivity contribution < 1.29 is 4.79 Å². The van der Waals surface area contributed by atoms with Crippen LogP contribution in [0.4, 0.5) is 5.13 Å². The zero-order chi connectivity index (χ0) is 16.9. The quantitative estimate of drug-likeness (QED) is 0.621. The molecule has 0 saturated heterocycles. The van der Waals surface area contributed by atoms with E-state index in [1.807, 2.05) is 36.4 Å². The smallest absolute Gasteiger partial charge is 0.258 e. The Morgan fingerprint density at radius 1 is 1.17 bits per heavy atom. The van der Waals surface area contributed by atoms with Crippen molar-refractivity contribution in [2.75, 3.05) is 11.1 Å². The number of amides is 1. The standard InChI is InChI=1S/C17H14ClN3OS2/c1-2-23-14-6-4-3-5-13(14)15(22)19-17-21-20-16(24-17)11-7-9-12(18)10-8-11/h3-10H,2H2,1H3,(H,19,21,22). The molecule has 24 heavy (non-hydrogen) atoms. The molecule has 3 aromatic rings. The molecule has 7 heteroatoms. The number of hydrogen-bond donors (Lipinski definition) is 1. The van der Waals surface area contributed by atoms with Crippen LogP contribution in [0.25, 0.3) is 10.6 Å². The number of aromatic nitrogens is 2. The molecule has 1 amide bonds. The summed E-state index contributed by atoms with van der Waals surface area (Å²) in [5.41, 5.74) is 1.56. The van der Waals surface area contributed by atoms with Gasteiger partial charge in [0.1, 0.15) is 5.01 Å². The van der Waals surface area contributed by atoms with Gasteiger partial charge in [0.25, 0.3) is 5.91 Å². The Balaban J connectivity index is 1.77. The van der Waals surface area contributed by atoms with Crippen LogP contribution >= 0.6 is 34.7 Å². The van der Waals surface area contributed by atoms with Crippen molar-refractivity contribution in [3.8, 4) is 10.6 Å². The number of anilines is 1. The number of thioether (sulfide) groups is 1. The monoisotopic (exact) mass is 375 g/mol. The highest BCUT2D eigenvalue weighted by molar-refractivity contribution is 7.99. The van der Waals surface area contributed by atoms with Gasteiger partial charge in [0.2, 0.25) is 5.13 Å². The normalized spacial score (nSPS) is 10.6. The van der Waals surface area contributed by atoms with E-state index in [1.165, 1.54) is 11.3 Å². The average molecular weight is 376 g/mol. The lowest BCUT2D eigenvalue weighted by Gasteiger charge is -2.06. The van der Waals surface area contributed by atoms with Gasteiger partial charge in [0, 0.05) is 15.5 Å². The molecule has 0 unspecified atom stereocenters. The zero-order valence-corrected chi connectivity index (χ0v) is 15.2. The molecule has 1 heterocycles. The van der Waals surface area contributed by atoms with Crippen LogP contribution in [0.3, 0.4) is 0 Å².